The van der Waals surface area contributed by atoms with Gasteiger partial charge in [-0.15, -0.1) is 0 Å². The fourth-order valence-electron chi connectivity index (χ4n) is 1.24. The highest BCUT2D eigenvalue weighted by Gasteiger charge is 2.11. The molecule has 0 aliphatic carbocycles. The third kappa shape index (κ3) is 4.29. The highest BCUT2D eigenvalue weighted by atomic mass is 16.5. The first kappa shape index (κ1) is 13.8. The molecule has 96 valence electrons. The Morgan fingerprint density at radius 2 is 2.17 bits per heavy atom. The number of nitrogens with one attached hydrogen (secondary N) is 1. The standard InChI is InChI=1S/C13H15NO4/c1-9(13(16)17)14-12(15)7-6-10-4-3-5-11(8-10)18-2/h3-9H,1-2H3,(H,14,15)(H,16,17)/b7-6+. The predicted octanol–water partition coefficient (Wildman–Crippen LogP) is 1.30. The van der Waals surface area contributed by atoms with Crippen LogP contribution in [0.2, 0.25) is 0 Å². The Morgan fingerprint density at radius 1 is 1.44 bits per heavy atom. The van der Waals surface area contributed by atoms with Crippen LogP contribution in [0.15, 0.2) is 30.3 Å². The van der Waals surface area contributed by atoms with Crippen LogP contribution in [0.3, 0.4) is 0 Å². The van der Waals surface area contributed by atoms with Crippen molar-refractivity contribution in [3.63, 3.8) is 0 Å². The van der Waals surface area contributed by atoms with Crippen LogP contribution in [0, 0.1) is 0 Å². The molecule has 0 fully saturated rings. The lowest BCUT2D eigenvalue weighted by molar-refractivity contribution is -0.140. The first-order valence-electron chi connectivity index (χ1n) is 5.38. The van der Waals surface area contributed by atoms with Gasteiger partial charge in [0.2, 0.25) is 5.91 Å². The van der Waals surface area contributed by atoms with Gasteiger partial charge >= 0.3 is 5.97 Å². The zero-order chi connectivity index (χ0) is 13.5. The third-order valence-corrected chi connectivity index (χ3v) is 2.25. The Morgan fingerprint density at radius 3 is 2.78 bits per heavy atom. The van der Waals surface area contributed by atoms with Crippen LogP contribution in [0.4, 0.5) is 0 Å². The second kappa shape index (κ2) is 6.44. The average Bonchev–Trinajstić information content (AvgIpc) is 2.36. The van der Waals surface area contributed by atoms with Gasteiger partial charge in [-0.05, 0) is 30.7 Å². The second-order valence-electron chi connectivity index (χ2n) is 3.68. The molecule has 0 radical (unpaired) electrons. The Kier molecular flexibility index (Phi) is 4.92. The van der Waals surface area contributed by atoms with Gasteiger partial charge in [0.15, 0.2) is 0 Å². The zero-order valence-electron chi connectivity index (χ0n) is 10.2. The van der Waals surface area contributed by atoms with Crippen molar-refractivity contribution in [3.05, 3.63) is 35.9 Å². The summed E-state index contributed by atoms with van der Waals surface area (Å²) >= 11 is 0. The minimum Gasteiger partial charge on any atom is -0.497 e. The molecule has 0 bridgehead atoms. The largest absolute Gasteiger partial charge is 0.497 e. The number of hydrogen-bond donors (Lipinski definition) is 2. The molecule has 1 amide bonds. The third-order valence-electron chi connectivity index (χ3n) is 2.25. The number of aliphatic carboxylic acids is 1. The maximum Gasteiger partial charge on any atom is 0.325 e. The molecule has 5 nitrogen and oxygen atoms in total. The molecule has 0 aliphatic heterocycles. The smallest absolute Gasteiger partial charge is 0.325 e. The molecule has 1 rings (SSSR count). The van der Waals surface area contributed by atoms with Gasteiger partial charge in [-0.2, -0.15) is 0 Å². The molecule has 2 N–H and O–H groups in total. The number of carboxylic acids is 1. The molecule has 5 heteroatoms. The lowest BCUT2D eigenvalue weighted by atomic mass is 10.2. The van der Waals surface area contributed by atoms with Crippen molar-refractivity contribution >= 4 is 18.0 Å². The molecule has 0 aromatic heterocycles. The summed E-state index contributed by atoms with van der Waals surface area (Å²) in [6, 6.07) is 6.27. The van der Waals surface area contributed by atoms with Crippen molar-refractivity contribution in [1.29, 1.82) is 0 Å². The lowest BCUT2D eigenvalue weighted by Crippen LogP contribution is -2.37. The zero-order valence-corrected chi connectivity index (χ0v) is 10.2. The summed E-state index contributed by atoms with van der Waals surface area (Å²) in [5, 5.41) is 11.0. The van der Waals surface area contributed by atoms with E-state index in [-0.39, 0.29) is 0 Å². The van der Waals surface area contributed by atoms with Crippen molar-refractivity contribution in [3.8, 4) is 5.75 Å². The van der Waals surface area contributed by atoms with Crippen molar-refractivity contribution in [2.45, 2.75) is 13.0 Å². The van der Waals surface area contributed by atoms with Gasteiger partial charge in [-0.3, -0.25) is 9.59 Å². The topological polar surface area (TPSA) is 75.6 Å². The van der Waals surface area contributed by atoms with Crippen LogP contribution in [-0.4, -0.2) is 30.1 Å². The number of rotatable bonds is 5. The molecular weight excluding hydrogens is 234 g/mol. The molecule has 1 unspecified atom stereocenters. The minimum absolute atomic E-state index is 0.451. The fraction of sp³-hybridized carbons (Fsp3) is 0.231. The number of carbonyl (C=O) groups is 2. The first-order chi connectivity index (χ1) is 8.52. The number of carboxylic acid groups (broad SMARTS) is 1. The molecule has 0 aliphatic rings. The van der Waals surface area contributed by atoms with Gasteiger partial charge < -0.3 is 15.2 Å². The Balaban J connectivity index is 2.63. The van der Waals surface area contributed by atoms with Gasteiger partial charge in [-0.1, -0.05) is 12.1 Å². The summed E-state index contributed by atoms with van der Waals surface area (Å²) in [7, 11) is 1.56. The molecular formula is C13H15NO4. The van der Waals surface area contributed by atoms with Crippen molar-refractivity contribution in [2.24, 2.45) is 0 Å². The van der Waals surface area contributed by atoms with E-state index in [0.717, 1.165) is 5.56 Å². The molecule has 0 spiro atoms. The second-order valence-corrected chi connectivity index (χ2v) is 3.68. The molecule has 1 aromatic rings. The van der Waals surface area contributed by atoms with E-state index in [1.807, 2.05) is 6.07 Å². The van der Waals surface area contributed by atoms with Gasteiger partial charge in [0.25, 0.3) is 0 Å². The monoisotopic (exact) mass is 249 g/mol. The van der Waals surface area contributed by atoms with E-state index < -0.39 is 17.9 Å². The maximum atomic E-state index is 11.4. The van der Waals surface area contributed by atoms with Crippen LogP contribution in [0.1, 0.15) is 12.5 Å². The lowest BCUT2D eigenvalue weighted by Gasteiger charge is -2.06. The summed E-state index contributed by atoms with van der Waals surface area (Å²) in [6.07, 6.45) is 2.88. The van der Waals surface area contributed by atoms with Crippen molar-refractivity contribution in [2.75, 3.05) is 7.11 Å². The summed E-state index contributed by atoms with van der Waals surface area (Å²) in [5.41, 5.74) is 0.799. The van der Waals surface area contributed by atoms with E-state index in [1.54, 1.807) is 31.4 Å². The van der Waals surface area contributed by atoms with Crippen LogP contribution >= 0.6 is 0 Å². The van der Waals surface area contributed by atoms with Crippen molar-refractivity contribution < 1.29 is 19.4 Å². The van der Waals surface area contributed by atoms with Crippen LogP contribution in [0.5, 0.6) is 5.75 Å². The van der Waals surface area contributed by atoms with Gasteiger partial charge in [-0.25, -0.2) is 0 Å². The predicted molar refractivity (Wildman–Crippen MR) is 67.3 cm³/mol. The van der Waals surface area contributed by atoms with Crippen molar-refractivity contribution in [1.82, 2.24) is 5.32 Å². The molecule has 1 aromatic carbocycles. The van der Waals surface area contributed by atoms with E-state index in [4.69, 9.17) is 9.84 Å². The Labute approximate surface area is 105 Å². The van der Waals surface area contributed by atoms with Crippen LogP contribution < -0.4 is 10.1 Å². The summed E-state index contributed by atoms with van der Waals surface area (Å²) in [4.78, 5) is 21.9. The highest BCUT2D eigenvalue weighted by Crippen LogP contribution is 2.13. The molecule has 0 saturated carbocycles. The first-order valence-corrected chi connectivity index (χ1v) is 5.38. The number of hydrogen-bond acceptors (Lipinski definition) is 3. The van der Waals surface area contributed by atoms with E-state index in [2.05, 4.69) is 5.32 Å². The average molecular weight is 249 g/mol. The minimum atomic E-state index is -1.07. The summed E-state index contributed by atoms with van der Waals surface area (Å²) < 4.78 is 5.05. The SMILES string of the molecule is COc1cccc(/C=C/C(=O)NC(C)C(=O)O)c1. The molecule has 0 saturated heterocycles. The quantitative estimate of drug-likeness (QED) is 0.771. The van der Waals surface area contributed by atoms with Gasteiger partial charge in [0.05, 0.1) is 7.11 Å². The highest BCUT2D eigenvalue weighted by molar-refractivity contribution is 5.94. The summed E-state index contributed by atoms with van der Waals surface area (Å²) in [5.74, 6) is -0.831. The fourth-order valence-corrected chi connectivity index (χ4v) is 1.24. The maximum absolute atomic E-state index is 11.4. The Bertz CT molecular complexity index is 468. The number of benzene rings is 1. The van der Waals surface area contributed by atoms with Gasteiger partial charge in [0.1, 0.15) is 11.8 Å². The van der Waals surface area contributed by atoms with Crippen LogP contribution in [0.25, 0.3) is 6.08 Å². The van der Waals surface area contributed by atoms with E-state index in [1.165, 1.54) is 13.0 Å². The number of amides is 1. The Hall–Kier alpha value is -2.30. The number of ether oxygens (including phenoxy) is 1. The van der Waals surface area contributed by atoms with Gasteiger partial charge in [0, 0.05) is 6.08 Å². The molecule has 0 heterocycles. The molecule has 1 atom stereocenters. The summed E-state index contributed by atoms with van der Waals surface area (Å²) in [6.45, 7) is 1.40. The normalized spacial score (nSPS) is 12.1. The van der Waals surface area contributed by atoms with Crippen LogP contribution in [-0.2, 0) is 9.59 Å². The van der Waals surface area contributed by atoms with E-state index in [9.17, 15) is 9.59 Å². The van der Waals surface area contributed by atoms with E-state index in [0.29, 0.717) is 5.75 Å². The number of methoxy groups -OCH3 is 1. The molecule has 18 heavy (non-hydrogen) atoms. The number of carbonyl (C=O) groups excluding carboxylic acids is 1. The van der Waals surface area contributed by atoms with E-state index >= 15 is 0 Å².